The number of rotatable bonds is 9. The van der Waals surface area contributed by atoms with Gasteiger partial charge in [-0.05, 0) is 54.3 Å². The van der Waals surface area contributed by atoms with Crippen molar-refractivity contribution >= 4 is 51.2 Å². The van der Waals surface area contributed by atoms with Gasteiger partial charge in [-0.25, -0.2) is 9.59 Å². The van der Waals surface area contributed by atoms with E-state index in [4.69, 9.17) is 21.1 Å². The van der Waals surface area contributed by atoms with Crippen molar-refractivity contribution in [3.8, 4) is 5.75 Å². The molecule has 3 aromatic carbocycles. The molecule has 204 valence electrons. The van der Waals surface area contributed by atoms with Crippen molar-refractivity contribution in [1.82, 2.24) is 5.32 Å². The van der Waals surface area contributed by atoms with Gasteiger partial charge in [0.1, 0.15) is 18.4 Å². The van der Waals surface area contributed by atoms with Crippen molar-refractivity contribution in [2.45, 2.75) is 51.2 Å². The van der Waals surface area contributed by atoms with Crippen LogP contribution in [0.3, 0.4) is 0 Å². The molecular formula is C30H30BrClN2O5. The summed E-state index contributed by atoms with van der Waals surface area (Å²) in [6.07, 6.45) is 4.98. The molecule has 0 unspecified atom stereocenters. The monoisotopic (exact) mass is 612 g/mol. The maximum absolute atomic E-state index is 13.4. The van der Waals surface area contributed by atoms with E-state index in [0.29, 0.717) is 17.1 Å². The third kappa shape index (κ3) is 8.83. The number of alkyl carbamates (subject to hydrolysis) is 1. The molecule has 0 heterocycles. The zero-order chi connectivity index (χ0) is 27.6. The van der Waals surface area contributed by atoms with Gasteiger partial charge in [0, 0.05) is 21.2 Å². The van der Waals surface area contributed by atoms with Crippen molar-refractivity contribution in [3.05, 3.63) is 93.4 Å². The number of halogens is 2. The Balaban J connectivity index is 1.47. The van der Waals surface area contributed by atoms with Gasteiger partial charge in [0.2, 0.25) is 0 Å². The summed E-state index contributed by atoms with van der Waals surface area (Å²) in [4.78, 5) is 39.1. The predicted molar refractivity (Wildman–Crippen MR) is 154 cm³/mol. The van der Waals surface area contributed by atoms with E-state index in [1.807, 2.05) is 30.3 Å². The highest BCUT2D eigenvalue weighted by molar-refractivity contribution is 9.10. The van der Waals surface area contributed by atoms with Gasteiger partial charge in [0.25, 0.3) is 5.91 Å². The van der Waals surface area contributed by atoms with E-state index in [2.05, 4.69) is 26.6 Å². The van der Waals surface area contributed by atoms with Gasteiger partial charge in [-0.1, -0.05) is 90.0 Å². The minimum atomic E-state index is -0.947. The summed E-state index contributed by atoms with van der Waals surface area (Å²) < 4.78 is 11.9. The Kier molecular flexibility index (Phi) is 10.4. The SMILES string of the molecule is O=C(N[C@@H](CC1CCCCC1)C(=O)Oc1cc(Cl)ccc1C(=O)Nc1ccc(Br)cc1)OCc1ccccc1. The van der Waals surface area contributed by atoms with E-state index in [0.717, 1.165) is 42.1 Å². The molecule has 9 heteroatoms. The van der Waals surface area contributed by atoms with Gasteiger partial charge in [-0.2, -0.15) is 0 Å². The second-order valence-electron chi connectivity index (χ2n) is 9.52. The molecule has 3 aromatic rings. The van der Waals surface area contributed by atoms with Crippen molar-refractivity contribution in [1.29, 1.82) is 0 Å². The number of carbonyl (C=O) groups is 3. The van der Waals surface area contributed by atoms with Crippen molar-refractivity contribution in [3.63, 3.8) is 0 Å². The second kappa shape index (κ2) is 14.1. The van der Waals surface area contributed by atoms with Gasteiger partial charge in [-0.15, -0.1) is 0 Å². The Labute approximate surface area is 241 Å². The summed E-state index contributed by atoms with van der Waals surface area (Å²) in [7, 11) is 0. The number of amides is 2. The van der Waals surface area contributed by atoms with Gasteiger partial charge in [0.15, 0.2) is 0 Å². The molecule has 1 atom stereocenters. The fourth-order valence-electron chi connectivity index (χ4n) is 4.56. The Hall–Kier alpha value is -3.36. The molecule has 0 saturated heterocycles. The van der Waals surface area contributed by atoms with Gasteiger partial charge >= 0.3 is 12.1 Å². The van der Waals surface area contributed by atoms with Crippen LogP contribution in [-0.4, -0.2) is 24.0 Å². The van der Waals surface area contributed by atoms with E-state index >= 15 is 0 Å². The van der Waals surface area contributed by atoms with Crippen LogP contribution in [-0.2, 0) is 16.1 Å². The molecule has 2 N–H and O–H groups in total. The largest absolute Gasteiger partial charge is 0.445 e. The Morgan fingerprint density at radius 1 is 0.949 bits per heavy atom. The smallest absolute Gasteiger partial charge is 0.408 e. The highest BCUT2D eigenvalue weighted by atomic mass is 79.9. The number of esters is 1. The van der Waals surface area contributed by atoms with Crippen LogP contribution in [0.25, 0.3) is 0 Å². The zero-order valence-corrected chi connectivity index (χ0v) is 23.7. The zero-order valence-electron chi connectivity index (χ0n) is 21.3. The van der Waals surface area contributed by atoms with Crippen LogP contribution in [0.2, 0.25) is 5.02 Å². The van der Waals surface area contributed by atoms with E-state index in [9.17, 15) is 14.4 Å². The standard InChI is InChI=1S/C30H30BrClN2O5/c31-22-11-14-24(15-12-22)33-28(35)25-16-13-23(32)18-27(25)39-29(36)26(17-20-7-3-1-4-8-20)34-30(37)38-19-21-9-5-2-6-10-21/h2,5-6,9-16,18,20,26H,1,3-4,7-8,17,19H2,(H,33,35)(H,34,37)/t26-/m0/s1. The van der Waals surface area contributed by atoms with Crippen molar-refractivity contribution in [2.75, 3.05) is 5.32 Å². The first-order chi connectivity index (χ1) is 18.9. The summed E-state index contributed by atoms with van der Waals surface area (Å²) in [6.45, 7) is 0.0759. The number of ether oxygens (including phenoxy) is 2. The van der Waals surface area contributed by atoms with Crippen LogP contribution in [0.4, 0.5) is 10.5 Å². The second-order valence-corrected chi connectivity index (χ2v) is 10.9. The third-order valence-electron chi connectivity index (χ3n) is 6.58. The van der Waals surface area contributed by atoms with Gasteiger partial charge in [-0.3, -0.25) is 4.79 Å². The molecule has 1 aliphatic carbocycles. The van der Waals surface area contributed by atoms with Crippen LogP contribution in [0.15, 0.2) is 77.3 Å². The van der Waals surface area contributed by atoms with Crippen LogP contribution in [0.1, 0.15) is 54.4 Å². The molecule has 1 aliphatic rings. The minimum absolute atomic E-state index is 0.00945. The number of hydrogen-bond donors (Lipinski definition) is 2. The van der Waals surface area contributed by atoms with E-state index in [1.165, 1.54) is 12.1 Å². The van der Waals surface area contributed by atoms with Crippen LogP contribution < -0.4 is 15.4 Å². The number of benzene rings is 3. The molecule has 0 bridgehead atoms. The summed E-state index contributed by atoms with van der Waals surface area (Å²) in [5.74, 6) is -0.867. The lowest BCUT2D eigenvalue weighted by Gasteiger charge is -2.26. The maximum atomic E-state index is 13.4. The molecule has 2 amide bonds. The first kappa shape index (κ1) is 28.6. The van der Waals surface area contributed by atoms with Crippen LogP contribution in [0, 0.1) is 5.92 Å². The fourth-order valence-corrected chi connectivity index (χ4v) is 4.98. The molecule has 1 saturated carbocycles. The lowest BCUT2D eigenvalue weighted by Crippen LogP contribution is -2.44. The number of carbonyl (C=O) groups excluding carboxylic acids is 3. The normalized spacial score (nSPS) is 14.2. The molecule has 7 nitrogen and oxygen atoms in total. The Morgan fingerprint density at radius 3 is 2.38 bits per heavy atom. The molecular weight excluding hydrogens is 584 g/mol. The number of anilines is 1. The summed E-state index contributed by atoms with van der Waals surface area (Å²) in [5.41, 5.74) is 1.55. The number of hydrogen-bond acceptors (Lipinski definition) is 5. The first-order valence-electron chi connectivity index (χ1n) is 12.9. The molecule has 0 spiro atoms. The van der Waals surface area contributed by atoms with E-state index in [1.54, 1.807) is 30.3 Å². The summed E-state index contributed by atoms with van der Waals surface area (Å²) in [6, 6.07) is 19.9. The maximum Gasteiger partial charge on any atom is 0.408 e. The molecule has 0 aromatic heterocycles. The molecule has 39 heavy (non-hydrogen) atoms. The lowest BCUT2D eigenvalue weighted by atomic mass is 9.85. The molecule has 4 rings (SSSR count). The molecule has 1 fully saturated rings. The van der Waals surface area contributed by atoms with Crippen LogP contribution in [0.5, 0.6) is 5.75 Å². The Bertz CT molecular complexity index is 1280. The Morgan fingerprint density at radius 2 is 1.67 bits per heavy atom. The van der Waals surface area contributed by atoms with Crippen molar-refractivity contribution in [2.24, 2.45) is 5.92 Å². The lowest BCUT2D eigenvalue weighted by molar-refractivity contribution is -0.137. The molecule has 0 aliphatic heterocycles. The fraction of sp³-hybridized carbons (Fsp3) is 0.300. The summed E-state index contributed by atoms with van der Waals surface area (Å²) in [5, 5.41) is 5.79. The first-order valence-corrected chi connectivity index (χ1v) is 14.1. The van der Waals surface area contributed by atoms with E-state index in [-0.39, 0.29) is 23.8 Å². The van der Waals surface area contributed by atoms with Crippen molar-refractivity contribution < 1.29 is 23.9 Å². The third-order valence-corrected chi connectivity index (χ3v) is 7.35. The van der Waals surface area contributed by atoms with Gasteiger partial charge in [0.05, 0.1) is 5.56 Å². The van der Waals surface area contributed by atoms with Crippen LogP contribution >= 0.6 is 27.5 Å². The van der Waals surface area contributed by atoms with Gasteiger partial charge < -0.3 is 20.1 Å². The minimum Gasteiger partial charge on any atom is -0.445 e. The van der Waals surface area contributed by atoms with E-state index < -0.39 is 24.0 Å². The highest BCUT2D eigenvalue weighted by Gasteiger charge is 2.29. The predicted octanol–water partition coefficient (Wildman–Crippen LogP) is 7.53. The quantitative estimate of drug-likeness (QED) is 0.192. The average molecular weight is 614 g/mol. The topological polar surface area (TPSA) is 93.7 Å². The molecule has 0 radical (unpaired) electrons. The summed E-state index contributed by atoms with van der Waals surface area (Å²) >= 11 is 9.55. The number of nitrogens with one attached hydrogen (secondary N) is 2. The highest BCUT2D eigenvalue weighted by Crippen LogP contribution is 2.29. The average Bonchev–Trinajstić information content (AvgIpc) is 2.94.